The molecular weight excluding hydrogens is 348 g/mol. The highest BCUT2D eigenvalue weighted by Gasteiger charge is 2.38. The number of hydrogen-bond acceptors (Lipinski definition) is 5. The van der Waals surface area contributed by atoms with E-state index in [0.29, 0.717) is 5.56 Å². The van der Waals surface area contributed by atoms with E-state index in [1.807, 2.05) is 27.7 Å². The first-order chi connectivity index (χ1) is 12.6. The minimum Gasteiger partial charge on any atom is -0.292 e. The van der Waals surface area contributed by atoms with Crippen LogP contribution in [0.25, 0.3) is 0 Å². The van der Waals surface area contributed by atoms with E-state index in [0.717, 1.165) is 33.2 Å². The summed E-state index contributed by atoms with van der Waals surface area (Å²) in [5.41, 5.74) is 4.09. The number of carbonyl (C=O) groups is 3. The normalized spacial score (nSPS) is 13.1. The van der Waals surface area contributed by atoms with E-state index in [1.165, 1.54) is 12.1 Å². The van der Waals surface area contributed by atoms with Gasteiger partial charge in [-0.3, -0.25) is 29.4 Å². The Morgan fingerprint density at radius 2 is 1.59 bits per heavy atom. The Balaban J connectivity index is 1.93. The number of carbonyl (C=O) groups excluding carboxylic acids is 3. The fraction of sp³-hybridized carbons (Fsp3) is 0.250. The number of nitro groups is 1. The van der Waals surface area contributed by atoms with Gasteiger partial charge in [-0.15, -0.1) is 0 Å². The third-order valence-electron chi connectivity index (χ3n) is 5.25. The molecule has 7 nitrogen and oxygen atoms in total. The van der Waals surface area contributed by atoms with Crippen LogP contribution in [0, 0.1) is 37.8 Å². The van der Waals surface area contributed by atoms with Crippen LogP contribution in [0.1, 0.15) is 53.3 Å². The molecule has 1 heterocycles. The summed E-state index contributed by atoms with van der Waals surface area (Å²) in [5.74, 6) is -1.65. The van der Waals surface area contributed by atoms with Gasteiger partial charge in [0.1, 0.15) is 0 Å². The molecule has 2 amide bonds. The van der Waals surface area contributed by atoms with Crippen molar-refractivity contribution in [3.63, 3.8) is 0 Å². The average molecular weight is 366 g/mol. The van der Waals surface area contributed by atoms with Crippen molar-refractivity contribution in [1.29, 1.82) is 0 Å². The number of rotatable bonds is 4. The highest BCUT2D eigenvalue weighted by atomic mass is 16.6. The van der Waals surface area contributed by atoms with Gasteiger partial charge in [-0.2, -0.15) is 0 Å². The molecule has 2 aromatic rings. The highest BCUT2D eigenvalue weighted by molar-refractivity contribution is 6.23. The Labute approximate surface area is 155 Å². The van der Waals surface area contributed by atoms with Crippen LogP contribution >= 0.6 is 0 Å². The largest absolute Gasteiger partial charge is 0.292 e. The minimum atomic E-state index is -0.690. The summed E-state index contributed by atoms with van der Waals surface area (Å²) in [4.78, 5) is 49.0. The molecule has 0 unspecified atom stereocenters. The maximum Gasteiger partial charge on any atom is 0.270 e. The maximum absolute atomic E-state index is 12.8. The number of ketones is 1. The van der Waals surface area contributed by atoms with Gasteiger partial charge in [-0.05, 0) is 62.1 Å². The second kappa shape index (κ2) is 6.42. The number of amides is 2. The van der Waals surface area contributed by atoms with Gasteiger partial charge in [-0.1, -0.05) is 0 Å². The molecule has 2 aromatic carbocycles. The zero-order valence-corrected chi connectivity index (χ0v) is 15.5. The second-order valence-corrected chi connectivity index (χ2v) is 6.72. The summed E-state index contributed by atoms with van der Waals surface area (Å²) in [6, 6.07) is 5.27. The van der Waals surface area contributed by atoms with Gasteiger partial charge in [0.2, 0.25) is 0 Å². The lowest BCUT2D eigenvalue weighted by atomic mass is 9.92. The number of aryl methyl sites for hydroxylation is 1. The molecule has 0 atom stereocenters. The first kappa shape index (κ1) is 18.4. The smallest absolute Gasteiger partial charge is 0.270 e. The summed E-state index contributed by atoms with van der Waals surface area (Å²) < 4.78 is 0. The van der Waals surface area contributed by atoms with Gasteiger partial charge in [0.15, 0.2) is 5.78 Å². The van der Waals surface area contributed by atoms with Crippen LogP contribution < -0.4 is 0 Å². The van der Waals surface area contributed by atoms with E-state index in [1.54, 1.807) is 6.07 Å². The number of nitro benzene ring substituents is 1. The van der Waals surface area contributed by atoms with E-state index in [-0.39, 0.29) is 22.6 Å². The van der Waals surface area contributed by atoms with E-state index < -0.39 is 23.3 Å². The van der Waals surface area contributed by atoms with Gasteiger partial charge in [-0.25, -0.2) is 0 Å². The lowest BCUT2D eigenvalue weighted by Crippen LogP contribution is -2.35. The molecule has 0 saturated heterocycles. The van der Waals surface area contributed by atoms with Gasteiger partial charge in [0, 0.05) is 17.7 Å². The average Bonchev–Trinajstić information content (AvgIpc) is 2.87. The molecular formula is C20H18N2O5. The molecule has 0 fully saturated rings. The molecule has 0 aromatic heterocycles. The van der Waals surface area contributed by atoms with Crippen LogP contribution in [0.15, 0.2) is 24.3 Å². The SMILES string of the molecule is Cc1cc(C(=O)CN2C(=O)c3ccc([N+](=O)[O-])cc3C2=O)c(C)c(C)c1C. The number of Topliss-reactive ketones (excluding diaryl/α,β-unsaturated/α-hetero) is 1. The van der Waals surface area contributed by atoms with E-state index in [2.05, 4.69) is 0 Å². The summed E-state index contributed by atoms with van der Waals surface area (Å²) in [6.07, 6.45) is 0. The van der Waals surface area contributed by atoms with Crippen LogP contribution in [-0.4, -0.2) is 34.0 Å². The monoisotopic (exact) mass is 366 g/mol. The summed E-state index contributed by atoms with van der Waals surface area (Å²) >= 11 is 0. The zero-order chi connectivity index (χ0) is 20.0. The lowest BCUT2D eigenvalue weighted by molar-refractivity contribution is -0.384. The van der Waals surface area contributed by atoms with Crippen LogP contribution in [0.3, 0.4) is 0 Å². The number of hydrogen-bond donors (Lipinski definition) is 0. The minimum absolute atomic E-state index is 0.0463. The van der Waals surface area contributed by atoms with Crippen molar-refractivity contribution >= 4 is 23.3 Å². The molecule has 1 aliphatic heterocycles. The first-order valence-electron chi connectivity index (χ1n) is 8.38. The number of benzene rings is 2. The predicted molar refractivity (Wildman–Crippen MR) is 98.2 cm³/mol. The van der Waals surface area contributed by atoms with Crippen LogP contribution in [-0.2, 0) is 0 Å². The Hall–Kier alpha value is -3.35. The molecule has 27 heavy (non-hydrogen) atoms. The van der Waals surface area contributed by atoms with E-state index in [9.17, 15) is 24.5 Å². The molecule has 138 valence electrons. The van der Waals surface area contributed by atoms with Crippen LogP contribution in [0.4, 0.5) is 5.69 Å². The quantitative estimate of drug-likeness (QED) is 0.358. The molecule has 0 radical (unpaired) electrons. The number of nitrogens with zero attached hydrogens (tertiary/aromatic N) is 2. The fourth-order valence-electron chi connectivity index (χ4n) is 3.27. The van der Waals surface area contributed by atoms with Crippen molar-refractivity contribution in [2.24, 2.45) is 0 Å². The predicted octanol–water partition coefficient (Wildman–Crippen LogP) is 3.31. The molecule has 0 saturated carbocycles. The zero-order valence-electron chi connectivity index (χ0n) is 15.5. The van der Waals surface area contributed by atoms with Gasteiger partial charge < -0.3 is 0 Å². The molecule has 0 bridgehead atoms. The number of non-ortho nitro benzene ring substituents is 1. The van der Waals surface area contributed by atoms with Gasteiger partial charge in [0.25, 0.3) is 17.5 Å². The van der Waals surface area contributed by atoms with Crippen molar-refractivity contribution in [2.45, 2.75) is 27.7 Å². The Morgan fingerprint density at radius 1 is 0.963 bits per heavy atom. The third-order valence-corrected chi connectivity index (χ3v) is 5.25. The molecule has 0 spiro atoms. The number of fused-ring (bicyclic) bond motifs is 1. The van der Waals surface area contributed by atoms with Crippen molar-refractivity contribution in [3.05, 3.63) is 73.3 Å². The molecule has 1 aliphatic rings. The fourth-order valence-corrected chi connectivity index (χ4v) is 3.27. The number of imide groups is 1. The van der Waals surface area contributed by atoms with Crippen molar-refractivity contribution in [3.8, 4) is 0 Å². The topological polar surface area (TPSA) is 97.6 Å². The van der Waals surface area contributed by atoms with E-state index in [4.69, 9.17) is 0 Å². The molecule has 0 N–H and O–H groups in total. The molecule has 7 heteroatoms. The van der Waals surface area contributed by atoms with Crippen molar-refractivity contribution < 1.29 is 19.3 Å². The van der Waals surface area contributed by atoms with Crippen molar-refractivity contribution in [2.75, 3.05) is 6.54 Å². The Kier molecular flexibility index (Phi) is 4.39. The van der Waals surface area contributed by atoms with Crippen LogP contribution in [0.2, 0.25) is 0 Å². The van der Waals surface area contributed by atoms with Crippen LogP contribution in [0.5, 0.6) is 0 Å². The second-order valence-electron chi connectivity index (χ2n) is 6.72. The Morgan fingerprint density at radius 3 is 2.22 bits per heavy atom. The van der Waals surface area contributed by atoms with Crippen molar-refractivity contribution in [1.82, 2.24) is 4.90 Å². The molecule has 3 rings (SSSR count). The summed E-state index contributed by atoms with van der Waals surface area (Å²) in [6.45, 7) is 7.24. The maximum atomic E-state index is 12.8. The van der Waals surface area contributed by atoms with Gasteiger partial charge in [0.05, 0.1) is 22.6 Å². The first-order valence-corrected chi connectivity index (χ1v) is 8.38. The Bertz CT molecular complexity index is 1040. The summed E-state index contributed by atoms with van der Waals surface area (Å²) in [7, 11) is 0. The summed E-state index contributed by atoms with van der Waals surface area (Å²) in [5, 5.41) is 10.9. The molecule has 0 aliphatic carbocycles. The third kappa shape index (κ3) is 2.91. The standard InChI is InChI=1S/C20H18N2O5/c1-10-7-16(13(4)12(3)11(10)2)18(23)9-21-19(24)15-6-5-14(22(26)27)8-17(15)20(21)25/h5-8H,9H2,1-4H3. The lowest BCUT2D eigenvalue weighted by Gasteiger charge is -2.17. The van der Waals surface area contributed by atoms with Gasteiger partial charge >= 0.3 is 0 Å². The van der Waals surface area contributed by atoms with E-state index >= 15 is 0 Å². The highest BCUT2D eigenvalue weighted by Crippen LogP contribution is 2.28.